The summed E-state index contributed by atoms with van der Waals surface area (Å²) in [5.41, 5.74) is 6.16. The van der Waals surface area contributed by atoms with E-state index in [2.05, 4.69) is 11.9 Å². The zero-order chi connectivity index (χ0) is 10.6. The van der Waals surface area contributed by atoms with Crippen molar-refractivity contribution in [2.24, 2.45) is 0 Å². The number of ether oxygens (including phenoxy) is 1. The highest BCUT2D eigenvalue weighted by molar-refractivity contribution is 5.62. The highest BCUT2D eigenvalue weighted by Crippen LogP contribution is 2.27. The molecule has 1 aromatic carbocycles. The molecule has 0 unspecified atom stereocenters. The number of nitrogens with one attached hydrogen (secondary N) is 1. The van der Waals surface area contributed by atoms with Gasteiger partial charge in [0.15, 0.2) is 0 Å². The Hall–Kier alpha value is -1.71. The van der Waals surface area contributed by atoms with E-state index in [1.807, 2.05) is 0 Å². The van der Waals surface area contributed by atoms with E-state index in [0.717, 1.165) is 0 Å². The standard InChI is InChI=1S/C10H13FN2O/c1-3-4-13-9-6-10(14-2)8(12)5-7(9)11/h3,5-6,13H,1,4,12H2,2H3. The lowest BCUT2D eigenvalue weighted by atomic mass is 10.2. The summed E-state index contributed by atoms with van der Waals surface area (Å²) < 4.78 is 18.2. The van der Waals surface area contributed by atoms with Crippen molar-refractivity contribution in [1.29, 1.82) is 0 Å². The second kappa shape index (κ2) is 4.50. The number of rotatable bonds is 4. The number of halogens is 1. The van der Waals surface area contributed by atoms with Crippen LogP contribution in [0.4, 0.5) is 15.8 Å². The normalized spacial score (nSPS) is 9.57. The Morgan fingerprint density at radius 2 is 2.36 bits per heavy atom. The molecule has 0 atom stereocenters. The molecular formula is C10H13FN2O. The Bertz CT molecular complexity index is 339. The second-order valence-corrected chi connectivity index (χ2v) is 2.74. The Labute approximate surface area is 82.4 Å². The van der Waals surface area contributed by atoms with E-state index in [4.69, 9.17) is 10.5 Å². The first-order valence-electron chi connectivity index (χ1n) is 4.16. The summed E-state index contributed by atoms with van der Waals surface area (Å²) in [4.78, 5) is 0. The molecule has 0 aliphatic rings. The Morgan fingerprint density at radius 3 is 2.93 bits per heavy atom. The molecule has 0 aliphatic carbocycles. The van der Waals surface area contributed by atoms with Crippen molar-refractivity contribution in [2.45, 2.75) is 0 Å². The first-order valence-corrected chi connectivity index (χ1v) is 4.16. The highest BCUT2D eigenvalue weighted by atomic mass is 19.1. The van der Waals surface area contributed by atoms with Crippen LogP contribution in [-0.4, -0.2) is 13.7 Å². The van der Waals surface area contributed by atoms with E-state index in [-0.39, 0.29) is 5.69 Å². The largest absolute Gasteiger partial charge is 0.495 e. The van der Waals surface area contributed by atoms with Crippen LogP contribution in [0.1, 0.15) is 0 Å². The van der Waals surface area contributed by atoms with E-state index in [1.54, 1.807) is 6.08 Å². The van der Waals surface area contributed by atoms with Gasteiger partial charge in [0.25, 0.3) is 0 Å². The van der Waals surface area contributed by atoms with Crippen molar-refractivity contribution in [3.8, 4) is 5.75 Å². The maximum absolute atomic E-state index is 13.3. The zero-order valence-electron chi connectivity index (χ0n) is 8.01. The molecule has 0 amide bonds. The monoisotopic (exact) mass is 196 g/mol. The van der Waals surface area contributed by atoms with Crippen LogP contribution >= 0.6 is 0 Å². The van der Waals surface area contributed by atoms with E-state index in [9.17, 15) is 4.39 Å². The van der Waals surface area contributed by atoms with Gasteiger partial charge in [0, 0.05) is 18.7 Å². The van der Waals surface area contributed by atoms with Gasteiger partial charge in [0.05, 0.1) is 18.5 Å². The molecule has 0 bridgehead atoms. The van der Waals surface area contributed by atoms with Crippen molar-refractivity contribution in [2.75, 3.05) is 24.7 Å². The molecule has 1 aromatic rings. The number of methoxy groups -OCH3 is 1. The molecule has 0 heterocycles. The van der Waals surface area contributed by atoms with E-state index in [1.165, 1.54) is 19.2 Å². The quantitative estimate of drug-likeness (QED) is 0.572. The number of nitrogens with two attached hydrogens (primary N) is 1. The van der Waals surface area contributed by atoms with Gasteiger partial charge >= 0.3 is 0 Å². The van der Waals surface area contributed by atoms with Gasteiger partial charge in [-0.05, 0) is 0 Å². The van der Waals surface area contributed by atoms with Crippen molar-refractivity contribution < 1.29 is 9.13 Å². The Balaban J connectivity index is 2.98. The van der Waals surface area contributed by atoms with Gasteiger partial charge < -0.3 is 15.8 Å². The van der Waals surface area contributed by atoms with E-state index < -0.39 is 5.82 Å². The second-order valence-electron chi connectivity index (χ2n) is 2.74. The van der Waals surface area contributed by atoms with Crippen molar-refractivity contribution in [1.82, 2.24) is 0 Å². The molecule has 4 heteroatoms. The predicted octanol–water partition coefficient (Wildman–Crippen LogP) is 2.01. The number of anilines is 2. The lowest BCUT2D eigenvalue weighted by molar-refractivity contribution is 0.416. The third-order valence-corrected chi connectivity index (χ3v) is 1.76. The molecule has 76 valence electrons. The number of hydrogen-bond donors (Lipinski definition) is 2. The lowest BCUT2D eigenvalue weighted by Crippen LogP contribution is -2.02. The van der Waals surface area contributed by atoms with Gasteiger partial charge in [-0.3, -0.25) is 0 Å². The maximum Gasteiger partial charge on any atom is 0.148 e. The number of nitrogen functional groups attached to an aromatic ring is 1. The molecule has 3 N–H and O–H groups in total. The SMILES string of the molecule is C=CCNc1cc(OC)c(N)cc1F. The van der Waals surface area contributed by atoms with Crippen molar-refractivity contribution in [3.63, 3.8) is 0 Å². The fourth-order valence-corrected chi connectivity index (χ4v) is 1.06. The van der Waals surface area contributed by atoms with Gasteiger partial charge in [0.2, 0.25) is 0 Å². The topological polar surface area (TPSA) is 47.3 Å². The average Bonchev–Trinajstić information content (AvgIpc) is 2.17. The van der Waals surface area contributed by atoms with Gasteiger partial charge in [-0.25, -0.2) is 4.39 Å². The average molecular weight is 196 g/mol. The fourth-order valence-electron chi connectivity index (χ4n) is 1.06. The predicted molar refractivity (Wildman–Crippen MR) is 56.1 cm³/mol. The summed E-state index contributed by atoms with van der Waals surface area (Å²) >= 11 is 0. The maximum atomic E-state index is 13.3. The summed E-state index contributed by atoms with van der Waals surface area (Å²) in [7, 11) is 1.49. The molecule has 0 saturated carbocycles. The third kappa shape index (κ3) is 2.16. The highest BCUT2D eigenvalue weighted by Gasteiger charge is 2.06. The van der Waals surface area contributed by atoms with Crippen LogP contribution in [0.15, 0.2) is 24.8 Å². The van der Waals surface area contributed by atoms with Crippen LogP contribution in [0, 0.1) is 5.82 Å². The van der Waals surface area contributed by atoms with Crippen LogP contribution in [0.25, 0.3) is 0 Å². The number of benzene rings is 1. The van der Waals surface area contributed by atoms with E-state index in [0.29, 0.717) is 18.0 Å². The molecule has 14 heavy (non-hydrogen) atoms. The third-order valence-electron chi connectivity index (χ3n) is 1.76. The molecule has 0 fully saturated rings. The minimum Gasteiger partial charge on any atom is -0.495 e. The van der Waals surface area contributed by atoms with Gasteiger partial charge in [-0.2, -0.15) is 0 Å². The van der Waals surface area contributed by atoms with Crippen LogP contribution in [0.5, 0.6) is 5.75 Å². The molecule has 0 radical (unpaired) electrons. The van der Waals surface area contributed by atoms with Gasteiger partial charge in [0.1, 0.15) is 11.6 Å². The molecule has 0 aliphatic heterocycles. The van der Waals surface area contributed by atoms with Crippen LogP contribution in [-0.2, 0) is 0 Å². The molecule has 0 saturated heterocycles. The number of hydrogen-bond acceptors (Lipinski definition) is 3. The zero-order valence-corrected chi connectivity index (χ0v) is 8.01. The molecular weight excluding hydrogens is 183 g/mol. The van der Waals surface area contributed by atoms with Crippen molar-refractivity contribution in [3.05, 3.63) is 30.6 Å². The molecule has 0 spiro atoms. The Kier molecular flexibility index (Phi) is 3.34. The summed E-state index contributed by atoms with van der Waals surface area (Å²) in [5.74, 6) is 0.0584. The molecule has 0 aromatic heterocycles. The Morgan fingerprint density at radius 1 is 1.64 bits per heavy atom. The first kappa shape index (κ1) is 10.4. The summed E-state index contributed by atoms with van der Waals surface area (Å²) in [6.45, 7) is 4.01. The van der Waals surface area contributed by atoms with Crippen molar-refractivity contribution >= 4 is 11.4 Å². The lowest BCUT2D eigenvalue weighted by Gasteiger charge is -2.09. The van der Waals surface area contributed by atoms with Crippen LogP contribution in [0.3, 0.4) is 0 Å². The summed E-state index contributed by atoms with van der Waals surface area (Å²) in [5, 5.41) is 2.84. The smallest absolute Gasteiger partial charge is 0.148 e. The molecule has 3 nitrogen and oxygen atoms in total. The van der Waals surface area contributed by atoms with Gasteiger partial charge in [-0.1, -0.05) is 6.08 Å². The fraction of sp³-hybridized carbons (Fsp3) is 0.200. The minimum atomic E-state index is -0.398. The van der Waals surface area contributed by atoms with E-state index >= 15 is 0 Å². The van der Waals surface area contributed by atoms with Gasteiger partial charge in [-0.15, -0.1) is 6.58 Å². The molecule has 1 rings (SSSR count). The van der Waals surface area contributed by atoms with Crippen LogP contribution in [0.2, 0.25) is 0 Å². The minimum absolute atomic E-state index is 0.286. The first-order chi connectivity index (χ1) is 6.69. The summed E-state index contributed by atoms with van der Waals surface area (Å²) in [6.07, 6.45) is 1.64. The van der Waals surface area contributed by atoms with Crippen LogP contribution < -0.4 is 15.8 Å². The summed E-state index contributed by atoms with van der Waals surface area (Å²) in [6, 6.07) is 2.75.